The zero-order chi connectivity index (χ0) is 5.11. The van der Waals surface area contributed by atoms with Gasteiger partial charge in [0.05, 0.1) is 25.2 Å². The molecule has 1 rings (SSSR count). The summed E-state index contributed by atoms with van der Waals surface area (Å²) in [7, 11) is 0. The number of hydrogen-bond acceptors (Lipinski definition) is 0. The Bertz CT molecular complexity index is 42.0. The molecular formula is C7H13+. The van der Waals surface area contributed by atoms with Crippen molar-refractivity contribution in [3.8, 4) is 0 Å². The Morgan fingerprint density at radius 2 is 1.86 bits per heavy atom. The normalized spacial score (nSPS) is 21.0. The van der Waals surface area contributed by atoms with Gasteiger partial charge in [0.25, 0.3) is 0 Å². The average molecular weight is 97.2 g/mol. The summed E-state index contributed by atoms with van der Waals surface area (Å²) < 4.78 is 0. The summed E-state index contributed by atoms with van der Waals surface area (Å²) in [4.78, 5) is 0. The summed E-state index contributed by atoms with van der Waals surface area (Å²) >= 11 is 0. The Balaban J connectivity index is 2.14. The van der Waals surface area contributed by atoms with E-state index < -0.39 is 0 Å². The fourth-order valence-electron chi connectivity index (χ4n) is 1.23. The minimum Gasteiger partial charge on any atom is -0.0242 e. The van der Waals surface area contributed by atoms with Crippen molar-refractivity contribution in [3.63, 3.8) is 0 Å². The monoisotopic (exact) mass is 97.1 g/mol. The summed E-state index contributed by atoms with van der Waals surface area (Å²) in [5.74, 6) is 1.79. The highest BCUT2D eigenvalue weighted by molar-refractivity contribution is 4.92. The molecule has 0 aromatic carbocycles. The maximum absolute atomic E-state index is 2.26. The van der Waals surface area contributed by atoms with E-state index in [1.165, 1.54) is 32.1 Å². The fraction of sp³-hybridized carbons (Fsp3) is 0.857. The molecule has 1 aliphatic rings. The van der Waals surface area contributed by atoms with Crippen molar-refractivity contribution in [2.45, 2.75) is 39.0 Å². The Morgan fingerprint density at radius 3 is 2.14 bits per heavy atom. The molecule has 1 saturated carbocycles. The first-order valence-corrected chi connectivity index (χ1v) is 3.27. The Labute approximate surface area is 45.9 Å². The number of rotatable bonds is 1. The highest BCUT2D eigenvalue weighted by Crippen LogP contribution is 2.28. The van der Waals surface area contributed by atoms with E-state index in [0.717, 1.165) is 0 Å². The van der Waals surface area contributed by atoms with Gasteiger partial charge in [-0.15, -0.1) is 0 Å². The van der Waals surface area contributed by atoms with Crippen LogP contribution in [0.5, 0.6) is 0 Å². The van der Waals surface area contributed by atoms with E-state index in [9.17, 15) is 0 Å². The quantitative estimate of drug-likeness (QED) is 0.441. The summed E-state index contributed by atoms with van der Waals surface area (Å²) in [5.41, 5.74) is 0. The predicted octanol–water partition coefficient (Wildman–Crippen LogP) is 2.54. The van der Waals surface area contributed by atoms with Crippen LogP contribution in [-0.4, -0.2) is 0 Å². The minimum atomic E-state index is 1.33. The van der Waals surface area contributed by atoms with E-state index in [2.05, 4.69) is 6.92 Å². The Morgan fingerprint density at radius 1 is 1.29 bits per heavy atom. The molecule has 0 bridgehead atoms. The summed E-state index contributed by atoms with van der Waals surface area (Å²) in [6.45, 7) is 2.26. The summed E-state index contributed by atoms with van der Waals surface area (Å²) in [5, 5.41) is 0. The van der Waals surface area contributed by atoms with Crippen molar-refractivity contribution < 1.29 is 0 Å². The first kappa shape index (κ1) is 5.02. The summed E-state index contributed by atoms with van der Waals surface area (Å²) in [6.07, 6.45) is 7.11. The predicted molar refractivity (Wildman–Crippen MR) is 32.0 cm³/mol. The lowest BCUT2D eigenvalue weighted by Crippen LogP contribution is -1.83. The van der Waals surface area contributed by atoms with Crippen LogP contribution in [-0.2, 0) is 0 Å². The van der Waals surface area contributed by atoms with E-state index in [1.807, 2.05) is 0 Å². The van der Waals surface area contributed by atoms with Crippen molar-refractivity contribution in [2.75, 3.05) is 0 Å². The highest BCUT2D eigenvalue weighted by atomic mass is 14.2. The molecule has 0 amide bonds. The third-order valence-corrected chi connectivity index (χ3v) is 1.81. The van der Waals surface area contributed by atoms with Crippen molar-refractivity contribution in [3.05, 3.63) is 5.92 Å². The van der Waals surface area contributed by atoms with Gasteiger partial charge in [-0.25, -0.2) is 0 Å². The van der Waals surface area contributed by atoms with Gasteiger partial charge >= 0.3 is 0 Å². The van der Waals surface area contributed by atoms with Crippen LogP contribution in [0.2, 0.25) is 0 Å². The molecule has 0 heteroatoms. The van der Waals surface area contributed by atoms with Gasteiger partial charge in [0.15, 0.2) is 0 Å². The lowest BCUT2D eigenvalue weighted by atomic mass is 10.1. The van der Waals surface area contributed by atoms with Gasteiger partial charge in [-0.05, 0) is 19.8 Å². The van der Waals surface area contributed by atoms with Crippen LogP contribution in [0.15, 0.2) is 0 Å². The van der Waals surface area contributed by atoms with Crippen LogP contribution in [0.25, 0.3) is 0 Å². The second-order valence-corrected chi connectivity index (χ2v) is 2.31. The molecule has 0 aliphatic heterocycles. The second-order valence-electron chi connectivity index (χ2n) is 2.31. The van der Waals surface area contributed by atoms with E-state index >= 15 is 0 Å². The molecule has 7 heavy (non-hydrogen) atoms. The van der Waals surface area contributed by atoms with E-state index in [-0.39, 0.29) is 0 Å². The lowest BCUT2D eigenvalue weighted by molar-refractivity contribution is 0.815. The van der Waals surface area contributed by atoms with Crippen LogP contribution in [0.1, 0.15) is 39.0 Å². The maximum Gasteiger partial charge on any atom is 0.0901 e. The van der Waals surface area contributed by atoms with E-state index in [1.54, 1.807) is 5.92 Å². The van der Waals surface area contributed by atoms with Crippen molar-refractivity contribution in [2.24, 2.45) is 0 Å². The van der Waals surface area contributed by atoms with Crippen LogP contribution in [0.3, 0.4) is 0 Å². The van der Waals surface area contributed by atoms with E-state index in [4.69, 9.17) is 0 Å². The molecule has 1 aliphatic carbocycles. The molecule has 0 saturated heterocycles. The Hall–Kier alpha value is -0.130. The molecule has 0 aromatic heterocycles. The van der Waals surface area contributed by atoms with E-state index in [0.29, 0.717) is 0 Å². The van der Waals surface area contributed by atoms with Gasteiger partial charge in [-0.1, -0.05) is 0 Å². The molecule has 1 fully saturated rings. The molecule has 0 N–H and O–H groups in total. The van der Waals surface area contributed by atoms with Crippen LogP contribution in [0.4, 0.5) is 0 Å². The first-order chi connectivity index (χ1) is 3.43. The third-order valence-electron chi connectivity index (χ3n) is 1.81. The molecule has 0 radical (unpaired) electrons. The largest absolute Gasteiger partial charge is 0.0901 e. The topological polar surface area (TPSA) is 0 Å². The molecule has 0 spiro atoms. The van der Waals surface area contributed by atoms with Crippen molar-refractivity contribution >= 4 is 0 Å². The molecular weight excluding hydrogens is 84.1 g/mol. The molecule has 0 aromatic rings. The van der Waals surface area contributed by atoms with Gasteiger partial charge < -0.3 is 0 Å². The molecule has 40 valence electrons. The molecule has 0 atom stereocenters. The van der Waals surface area contributed by atoms with Crippen LogP contribution < -0.4 is 0 Å². The molecule has 0 nitrogen and oxygen atoms in total. The van der Waals surface area contributed by atoms with Crippen molar-refractivity contribution in [1.29, 1.82) is 0 Å². The zero-order valence-electron chi connectivity index (χ0n) is 5.04. The van der Waals surface area contributed by atoms with Gasteiger partial charge in [-0.2, -0.15) is 0 Å². The first-order valence-electron chi connectivity index (χ1n) is 3.27. The van der Waals surface area contributed by atoms with Crippen LogP contribution in [0, 0.1) is 5.92 Å². The smallest absolute Gasteiger partial charge is 0.0242 e. The standard InChI is InChI=1S/C7H13/c1-2-7-5-3-4-6-7/h2-6H2,1H3/q+1. The lowest BCUT2D eigenvalue weighted by Gasteiger charge is -1.86. The molecule has 0 unspecified atom stereocenters. The van der Waals surface area contributed by atoms with Gasteiger partial charge in [0.1, 0.15) is 0 Å². The van der Waals surface area contributed by atoms with Gasteiger partial charge in [0.2, 0.25) is 0 Å². The minimum absolute atomic E-state index is 1.33. The maximum atomic E-state index is 2.26. The average Bonchev–Trinajstić information content (AvgIpc) is 2.14. The second kappa shape index (κ2) is 2.25. The zero-order valence-corrected chi connectivity index (χ0v) is 5.04. The van der Waals surface area contributed by atoms with Crippen molar-refractivity contribution in [1.82, 2.24) is 0 Å². The highest BCUT2D eigenvalue weighted by Gasteiger charge is 2.22. The third kappa shape index (κ3) is 1.12. The molecule has 0 heterocycles. The van der Waals surface area contributed by atoms with Crippen LogP contribution >= 0.6 is 0 Å². The summed E-state index contributed by atoms with van der Waals surface area (Å²) in [6, 6.07) is 0. The van der Waals surface area contributed by atoms with Gasteiger partial charge in [-0.3, -0.25) is 0 Å². The number of hydrogen-bond donors (Lipinski definition) is 0. The SMILES string of the molecule is CC[C+]1CCCC1. The van der Waals surface area contributed by atoms with Gasteiger partial charge in [0, 0.05) is 0 Å². The fourth-order valence-corrected chi connectivity index (χ4v) is 1.23. The Kier molecular flexibility index (Phi) is 1.61.